The van der Waals surface area contributed by atoms with Crippen LogP contribution in [0, 0.1) is 22.4 Å². The van der Waals surface area contributed by atoms with E-state index in [0.29, 0.717) is 5.56 Å². The Morgan fingerprint density at radius 2 is 2.35 bits per heavy atom. The Hall–Kier alpha value is -2.64. The molecular weight excluding hydrogens is 226 g/mol. The number of hydrazone groups is 1. The number of aryl methyl sites for hydroxylation is 1. The van der Waals surface area contributed by atoms with Crippen LogP contribution in [0.25, 0.3) is 0 Å². The summed E-state index contributed by atoms with van der Waals surface area (Å²) >= 11 is 0. The number of nitrogens with two attached hydrogens (primary N) is 1. The first-order valence-electron chi connectivity index (χ1n) is 4.53. The highest BCUT2D eigenvalue weighted by molar-refractivity contribution is 5.86. The van der Waals surface area contributed by atoms with Gasteiger partial charge in [-0.05, 0) is 13.0 Å². The fourth-order valence-corrected chi connectivity index (χ4v) is 1.17. The topological polar surface area (TPSA) is 138 Å². The summed E-state index contributed by atoms with van der Waals surface area (Å²) < 4.78 is 0. The first-order chi connectivity index (χ1) is 7.91. The van der Waals surface area contributed by atoms with Crippen molar-refractivity contribution >= 4 is 17.9 Å². The molecule has 90 valence electrons. The monoisotopic (exact) mass is 237 g/mol. The van der Waals surface area contributed by atoms with Crippen molar-refractivity contribution in [3.63, 3.8) is 0 Å². The van der Waals surface area contributed by atoms with Gasteiger partial charge in [0.1, 0.15) is 5.75 Å². The number of nitro groups is 1. The highest BCUT2D eigenvalue weighted by Gasteiger charge is 2.13. The summed E-state index contributed by atoms with van der Waals surface area (Å²) in [7, 11) is 0. The number of hydrogen-bond donors (Lipinski definition) is 4. The highest BCUT2D eigenvalue weighted by Crippen LogP contribution is 2.25. The third kappa shape index (κ3) is 3.16. The molecule has 1 rings (SSSR count). The molecule has 0 heterocycles. The van der Waals surface area contributed by atoms with Gasteiger partial charge < -0.3 is 10.8 Å². The molecule has 5 N–H and O–H groups in total. The van der Waals surface area contributed by atoms with Crippen molar-refractivity contribution in [1.29, 1.82) is 5.41 Å². The van der Waals surface area contributed by atoms with Gasteiger partial charge in [0.25, 0.3) is 5.69 Å². The molecule has 8 heteroatoms. The van der Waals surface area contributed by atoms with Crippen molar-refractivity contribution in [3.8, 4) is 5.75 Å². The molecule has 0 aliphatic heterocycles. The van der Waals surface area contributed by atoms with Gasteiger partial charge in [0.2, 0.25) is 5.96 Å². The first kappa shape index (κ1) is 12.4. The summed E-state index contributed by atoms with van der Waals surface area (Å²) in [5.74, 6) is -0.510. The highest BCUT2D eigenvalue weighted by atomic mass is 16.6. The Balaban J connectivity index is 3.07. The molecule has 0 atom stereocenters. The van der Waals surface area contributed by atoms with Crippen LogP contribution >= 0.6 is 0 Å². The maximum atomic E-state index is 10.7. The van der Waals surface area contributed by atoms with Gasteiger partial charge >= 0.3 is 0 Å². The average Bonchev–Trinajstić information content (AvgIpc) is 2.20. The van der Waals surface area contributed by atoms with Gasteiger partial charge in [-0.2, -0.15) is 5.10 Å². The fraction of sp³-hybridized carbons (Fsp3) is 0.111. The number of rotatable bonds is 3. The first-order valence-corrected chi connectivity index (χ1v) is 4.53. The number of nitrogens with zero attached hydrogens (tertiary/aromatic N) is 2. The third-order valence-corrected chi connectivity index (χ3v) is 1.93. The lowest BCUT2D eigenvalue weighted by Gasteiger charge is -2.02. The molecule has 0 radical (unpaired) electrons. The van der Waals surface area contributed by atoms with Crippen molar-refractivity contribution in [2.24, 2.45) is 10.8 Å². The van der Waals surface area contributed by atoms with E-state index in [4.69, 9.17) is 11.1 Å². The van der Waals surface area contributed by atoms with Crippen LogP contribution in [0.4, 0.5) is 5.69 Å². The van der Waals surface area contributed by atoms with E-state index in [1.807, 2.05) is 0 Å². The van der Waals surface area contributed by atoms with Crippen molar-refractivity contribution < 1.29 is 10.0 Å². The van der Waals surface area contributed by atoms with E-state index in [-0.39, 0.29) is 23.0 Å². The smallest absolute Gasteiger partial charge is 0.273 e. The molecule has 0 fully saturated rings. The Morgan fingerprint density at radius 1 is 1.71 bits per heavy atom. The van der Waals surface area contributed by atoms with Crippen LogP contribution in [0.5, 0.6) is 5.75 Å². The quantitative estimate of drug-likeness (QED) is 0.261. The fourth-order valence-electron chi connectivity index (χ4n) is 1.17. The number of guanidine groups is 1. The standard InChI is InChI=1S/C9H11N5O3/c1-5-2-8(15)6(3-7(5)14(16)17)4-12-13-9(10)11/h2-4,15H,1H3,(H4,10,11,13). The third-order valence-electron chi connectivity index (χ3n) is 1.93. The Morgan fingerprint density at radius 3 is 2.88 bits per heavy atom. The summed E-state index contributed by atoms with van der Waals surface area (Å²) in [6, 6.07) is 2.46. The lowest BCUT2D eigenvalue weighted by atomic mass is 10.1. The molecule has 0 aromatic heterocycles. The van der Waals surface area contributed by atoms with Crippen LogP contribution in [0.2, 0.25) is 0 Å². The molecule has 0 saturated carbocycles. The van der Waals surface area contributed by atoms with E-state index in [0.717, 1.165) is 6.21 Å². The molecule has 0 aliphatic rings. The van der Waals surface area contributed by atoms with Crippen molar-refractivity contribution in [2.45, 2.75) is 6.92 Å². The number of nitro benzene ring substituents is 1. The molecule has 0 saturated heterocycles. The number of hydrogen-bond acceptors (Lipinski definition) is 5. The minimum atomic E-state index is -0.551. The molecule has 17 heavy (non-hydrogen) atoms. The molecule has 0 spiro atoms. The summed E-state index contributed by atoms with van der Waals surface area (Å²) in [6.45, 7) is 1.52. The molecule has 0 unspecified atom stereocenters. The van der Waals surface area contributed by atoms with Crippen molar-refractivity contribution in [2.75, 3.05) is 0 Å². The zero-order chi connectivity index (χ0) is 13.0. The largest absolute Gasteiger partial charge is 0.507 e. The van der Waals surface area contributed by atoms with Gasteiger partial charge in [-0.25, -0.2) is 5.43 Å². The normalized spacial score (nSPS) is 10.4. The van der Waals surface area contributed by atoms with Gasteiger partial charge in [0, 0.05) is 17.2 Å². The van der Waals surface area contributed by atoms with E-state index in [1.54, 1.807) is 0 Å². The van der Waals surface area contributed by atoms with Crippen LogP contribution in [0.1, 0.15) is 11.1 Å². The minimum Gasteiger partial charge on any atom is -0.507 e. The van der Waals surface area contributed by atoms with Crippen molar-refractivity contribution in [1.82, 2.24) is 5.43 Å². The molecule has 0 aliphatic carbocycles. The van der Waals surface area contributed by atoms with E-state index >= 15 is 0 Å². The number of aromatic hydroxyl groups is 1. The second-order valence-electron chi connectivity index (χ2n) is 3.24. The van der Waals surface area contributed by atoms with E-state index in [1.165, 1.54) is 19.1 Å². The lowest BCUT2D eigenvalue weighted by Crippen LogP contribution is -2.25. The van der Waals surface area contributed by atoms with Gasteiger partial charge in [0.15, 0.2) is 0 Å². The second-order valence-corrected chi connectivity index (χ2v) is 3.24. The van der Waals surface area contributed by atoms with Crippen LogP contribution in [-0.2, 0) is 0 Å². The Bertz CT molecular complexity index is 498. The molecule has 1 aromatic carbocycles. The Kier molecular flexibility index (Phi) is 3.60. The number of phenolic OH excluding ortho intramolecular Hbond substituents is 1. The predicted octanol–water partition coefficient (Wildman–Crippen LogP) is 0.426. The second kappa shape index (κ2) is 4.92. The van der Waals surface area contributed by atoms with Crippen LogP contribution < -0.4 is 11.2 Å². The predicted molar refractivity (Wildman–Crippen MR) is 62.1 cm³/mol. The zero-order valence-electron chi connectivity index (χ0n) is 8.97. The van der Waals surface area contributed by atoms with Crippen LogP contribution in [0.3, 0.4) is 0 Å². The van der Waals surface area contributed by atoms with E-state index in [2.05, 4.69) is 10.5 Å². The summed E-state index contributed by atoms with van der Waals surface area (Å²) in [4.78, 5) is 10.1. The van der Waals surface area contributed by atoms with Crippen LogP contribution in [-0.4, -0.2) is 22.2 Å². The molecule has 0 amide bonds. The van der Waals surface area contributed by atoms with Crippen LogP contribution in [0.15, 0.2) is 17.2 Å². The Labute approximate surface area is 96.4 Å². The van der Waals surface area contributed by atoms with Gasteiger partial charge in [-0.3, -0.25) is 15.5 Å². The summed E-state index contributed by atoms with van der Waals surface area (Å²) in [5, 5.41) is 30.6. The molecule has 0 bridgehead atoms. The number of benzene rings is 1. The van der Waals surface area contributed by atoms with E-state index < -0.39 is 4.92 Å². The maximum absolute atomic E-state index is 10.7. The molecule has 8 nitrogen and oxygen atoms in total. The SMILES string of the molecule is Cc1cc(O)c(C=NNC(=N)N)cc1[N+](=O)[O-]. The zero-order valence-corrected chi connectivity index (χ0v) is 8.97. The molecule has 1 aromatic rings. The van der Waals surface area contributed by atoms with E-state index in [9.17, 15) is 15.2 Å². The molecular formula is C9H11N5O3. The minimum absolute atomic E-state index is 0.118. The summed E-state index contributed by atoms with van der Waals surface area (Å²) in [6.07, 6.45) is 1.14. The maximum Gasteiger partial charge on any atom is 0.273 e. The average molecular weight is 237 g/mol. The lowest BCUT2D eigenvalue weighted by molar-refractivity contribution is -0.385. The van der Waals surface area contributed by atoms with Gasteiger partial charge in [-0.15, -0.1) is 0 Å². The van der Waals surface area contributed by atoms with Crippen molar-refractivity contribution in [3.05, 3.63) is 33.4 Å². The number of nitrogens with one attached hydrogen (secondary N) is 2. The summed E-state index contributed by atoms with van der Waals surface area (Å²) in [5.41, 5.74) is 7.51. The van der Waals surface area contributed by atoms with Gasteiger partial charge in [0.05, 0.1) is 11.1 Å². The van der Waals surface area contributed by atoms with Gasteiger partial charge in [-0.1, -0.05) is 0 Å². The number of phenols is 1.